The molecular weight excluding hydrogens is 421 g/mol. The lowest BCUT2D eigenvalue weighted by Gasteiger charge is -2.37. The minimum atomic E-state index is -4.76. The third kappa shape index (κ3) is 6.23. The second kappa shape index (κ2) is 9.11. The van der Waals surface area contributed by atoms with E-state index < -0.39 is 17.9 Å². The Hall–Kier alpha value is -2.58. The fraction of sp³-hybridized carbons (Fsp3) is 0.458. The summed E-state index contributed by atoms with van der Waals surface area (Å²) in [5.41, 5.74) is 0.617. The van der Waals surface area contributed by atoms with Crippen molar-refractivity contribution in [3.8, 4) is 5.75 Å². The molecule has 0 saturated carbocycles. The Morgan fingerprint density at radius 2 is 1.66 bits per heavy atom. The summed E-state index contributed by atoms with van der Waals surface area (Å²) < 4.78 is 42.0. The molecule has 174 valence electrons. The summed E-state index contributed by atoms with van der Waals surface area (Å²) in [5.74, 6) is -0.709. The standard InChI is InChI=1S/C24H29F3N2O3/c1-22(2,3)18-8-10-19(11-9-18)28-21(30)23(31)12-14-29(15-13-23)16-17-6-4-5-7-20(17)32-24(25,26)27/h4-11,31H,12-16H2,1-3H3,(H,28,30). The highest BCUT2D eigenvalue weighted by molar-refractivity contribution is 5.97. The molecule has 0 bridgehead atoms. The summed E-state index contributed by atoms with van der Waals surface area (Å²) >= 11 is 0. The Bertz CT molecular complexity index is 929. The van der Waals surface area contributed by atoms with Crippen LogP contribution in [0.2, 0.25) is 0 Å². The van der Waals surface area contributed by atoms with Gasteiger partial charge in [0.2, 0.25) is 0 Å². The van der Waals surface area contributed by atoms with Gasteiger partial charge >= 0.3 is 6.36 Å². The number of benzene rings is 2. The van der Waals surface area contributed by atoms with Gasteiger partial charge in [-0.3, -0.25) is 9.69 Å². The van der Waals surface area contributed by atoms with Crippen LogP contribution in [0.3, 0.4) is 0 Å². The van der Waals surface area contributed by atoms with Gasteiger partial charge in [0, 0.05) is 30.9 Å². The SMILES string of the molecule is CC(C)(C)c1ccc(NC(=O)C2(O)CCN(Cc3ccccc3OC(F)(F)F)CC2)cc1. The van der Waals surface area contributed by atoms with Crippen LogP contribution in [-0.2, 0) is 16.8 Å². The number of nitrogens with zero attached hydrogens (tertiary/aromatic N) is 1. The number of hydrogen-bond donors (Lipinski definition) is 2. The summed E-state index contributed by atoms with van der Waals surface area (Å²) in [5, 5.41) is 13.6. The average Bonchev–Trinajstić information content (AvgIpc) is 2.70. The van der Waals surface area contributed by atoms with Gasteiger partial charge in [0.1, 0.15) is 11.4 Å². The monoisotopic (exact) mass is 450 g/mol. The zero-order valence-electron chi connectivity index (χ0n) is 18.5. The number of piperidine rings is 1. The minimum Gasteiger partial charge on any atom is -0.405 e. The molecule has 1 aliphatic rings. The first-order valence-electron chi connectivity index (χ1n) is 10.6. The van der Waals surface area contributed by atoms with Crippen molar-refractivity contribution < 1.29 is 27.8 Å². The first-order valence-corrected chi connectivity index (χ1v) is 10.6. The van der Waals surface area contributed by atoms with Crippen LogP contribution in [0.1, 0.15) is 44.7 Å². The van der Waals surface area contributed by atoms with E-state index in [1.807, 2.05) is 29.2 Å². The number of carbonyl (C=O) groups is 1. The normalized spacial score (nSPS) is 17.1. The Morgan fingerprint density at radius 1 is 1.06 bits per heavy atom. The fourth-order valence-corrected chi connectivity index (χ4v) is 3.71. The lowest BCUT2D eigenvalue weighted by molar-refractivity contribution is -0.275. The van der Waals surface area contributed by atoms with E-state index in [0.29, 0.717) is 24.3 Å². The van der Waals surface area contributed by atoms with Crippen molar-refractivity contribution in [2.24, 2.45) is 0 Å². The van der Waals surface area contributed by atoms with E-state index in [9.17, 15) is 23.1 Å². The van der Waals surface area contributed by atoms with E-state index in [4.69, 9.17) is 0 Å². The number of halogens is 3. The molecule has 2 aromatic rings. The van der Waals surface area contributed by atoms with Crippen molar-refractivity contribution in [1.82, 2.24) is 4.90 Å². The molecule has 3 rings (SSSR count). The van der Waals surface area contributed by atoms with Gasteiger partial charge in [0.15, 0.2) is 0 Å². The molecule has 8 heteroatoms. The molecule has 0 radical (unpaired) electrons. The zero-order valence-corrected chi connectivity index (χ0v) is 18.5. The molecule has 2 aromatic carbocycles. The van der Waals surface area contributed by atoms with Crippen LogP contribution in [0.5, 0.6) is 5.75 Å². The van der Waals surface area contributed by atoms with E-state index in [-0.39, 0.29) is 30.6 Å². The van der Waals surface area contributed by atoms with Gasteiger partial charge in [0.05, 0.1) is 0 Å². The maximum atomic E-state index is 12.7. The van der Waals surface area contributed by atoms with Gasteiger partial charge in [0.25, 0.3) is 5.91 Å². The van der Waals surface area contributed by atoms with Gasteiger partial charge in [-0.25, -0.2) is 0 Å². The Kier molecular flexibility index (Phi) is 6.86. The number of ether oxygens (including phenoxy) is 1. The van der Waals surface area contributed by atoms with Crippen molar-refractivity contribution in [2.75, 3.05) is 18.4 Å². The predicted molar refractivity (Wildman–Crippen MR) is 116 cm³/mol. The molecule has 5 nitrogen and oxygen atoms in total. The Labute approximate surface area is 186 Å². The maximum absolute atomic E-state index is 12.7. The lowest BCUT2D eigenvalue weighted by Crippen LogP contribution is -2.51. The number of nitrogens with one attached hydrogen (secondary N) is 1. The minimum absolute atomic E-state index is 0.00265. The second-order valence-corrected chi connectivity index (χ2v) is 9.24. The number of likely N-dealkylation sites (tertiary alicyclic amines) is 1. The van der Waals surface area contributed by atoms with Crippen LogP contribution >= 0.6 is 0 Å². The van der Waals surface area contributed by atoms with Crippen LogP contribution in [0.15, 0.2) is 48.5 Å². The van der Waals surface area contributed by atoms with Crippen molar-refractivity contribution in [3.63, 3.8) is 0 Å². The smallest absolute Gasteiger partial charge is 0.405 e. The number of alkyl halides is 3. The molecule has 1 heterocycles. The molecular formula is C24H29F3N2O3. The summed E-state index contributed by atoms with van der Waals surface area (Å²) in [6.07, 6.45) is -4.40. The summed E-state index contributed by atoms with van der Waals surface area (Å²) in [6.45, 7) is 7.28. The quantitative estimate of drug-likeness (QED) is 0.684. The molecule has 0 atom stereocenters. The number of aliphatic hydroxyl groups is 1. The third-order valence-corrected chi connectivity index (χ3v) is 5.71. The Morgan fingerprint density at radius 3 is 2.22 bits per heavy atom. The van der Waals surface area contributed by atoms with Gasteiger partial charge in [-0.15, -0.1) is 13.2 Å². The van der Waals surface area contributed by atoms with E-state index in [1.54, 1.807) is 12.1 Å². The van der Waals surface area contributed by atoms with Gasteiger partial charge in [-0.05, 0) is 42.0 Å². The largest absolute Gasteiger partial charge is 0.573 e. The van der Waals surface area contributed by atoms with E-state index in [2.05, 4.69) is 30.8 Å². The van der Waals surface area contributed by atoms with Crippen molar-refractivity contribution in [3.05, 3.63) is 59.7 Å². The second-order valence-electron chi connectivity index (χ2n) is 9.24. The third-order valence-electron chi connectivity index (χ3n) is 5.71. The van der Waals surface area contributed by atoms with Crippen LogP contribution in [-0.4, -0.2) is 41.0 Å². The lowest BCUT2D eigenvalue weighted by atomic mass is 9.87. The molecule has 1 saturated heterocycles. The molecule has 0 spiro atoms. The molecule has 0 aromatic heterocycles. The number of carbonyl (C=O) groups excluding carboxylic acids is 1. The average molecular weight is 451 g/mol. The highest BCUT2D eigenvalue weighted by Gasteiger charge is 2.39. The summed E-state index contributed by atoms with van der Waals surface area (Å²) in [4.78, 5) is 14.6. The Balaban J connectivity index is 1.58. The highest BCUT2D eigenvalue weighted by atomic mass is 19.4. The number of para-hydroxylation sites is 1. The van der Waals surface area contributed by atoms with E-state index in [1.165, 1.54) is 12.1 Å². The molecule has 32 heavy (non-hydrogen) atoms. The first-order chi connectivity index (χ1) is 14.9. The first kappa shape index (κ1) is 24.1. The van der Waals surface area contributed by atoms with Gasteiger partial charge in [-0.2, -0.15) is 0 Å². The van der Waals surface area contributed by atoms with Crippen LogP contribution in [0.25, 0.3) is 0 Å². The molecule has 1 fully saturated rings. The summed E-state index contributed by atoms with van der Waals surface area (Å²) in [6, 6.07) is 13.5. The molecule has 1 amide bonds. The van der Waals surface area contributed by atoms with Crippen LogP contribution < -0.4 is 10.1 Å². The van der Waals surface area contributed by atoms with Crippen molar-refractivity contribution in [2.45, 2.75) is 57.5 Å². The van der Waals surface area contributed by atoms with Crippen LogP contribution in [0, 0.1) is 0 Å². The summed E-state index contributed by atoms with van der Waals surface area (Å²) in [7, 11) is 0. The zero-order chi connectivity index (χ0) is 23.6. The molecule has 0 aliphatic carbocycles. The van der Waals surface area contributed by atoms with Crippen molar-refractivity contribution in [1.29, 1.82) is 0 Å². The number of rotatable bonds is 5. The van der Waals surface area contributed by atoms with E-state index >= 15 is 0 Å². The number of anilines is 1. The maximum Gasteiger partial charge on any atom is 0.573 e. The number of hydrogen-bond acceptors (Lipinski definition) is 4. The fourth-order valence-electron chi connectivity index (χ4n) is 3.71. The predicted octanol–water partition coefficient (Wildman–Crippen LogP) is 4.85. The molecule has 2 N–H and O–H groups in total. The molecule has 0 unspecified atom stereocenters. The van der Waals surface area contributed by atoms with Gasteiger partial charge in [-0.1, -0.05) is 51.1 Å². The highest BCUT2D eigenvalue weighted by Crippen LogP contribution is 2.30. The van der Waals surface area contributed by atoms with Gasteiger partial charge < -0.3 is 15.2 Å². The van der Waals surface area contributed by atoms with Crippen LogP contribution in [0.4, 0.5) is 18.9 Å². The van der Waals surface area contributed by atoms with Crippen molar-refractivity contribution >= 4 is 11.6 Å². The molecule has 1 aliphatic heterocycles. The topological polar surface area (TPSA) is 61.8 Å². The van der Waals surface area contributed by atoms with E-state index in [0.717, 1.165) is 5.56 Å². The number of amides is 1.